The fourth-order valence-corrected chi connectivity index (χ4v) is 3.07. The summed E-state index contributed by atoms with van der Waals surface area (Å²) in [6, 6.07) is 11.9. The molecule has 0 fully saturated rings. The van der Waals surface area contributed by atoms with Gasteiger partial charge in [-0.1, -0.05) is 24.3 Å². The van der Waals surface area contributed by atoms with Gasteiger partial charge < -0.3 is 10.1 Å². The van der Waals surface area contributed by atoms with E-state index in [1.807, 2.05) is 18.2 Å². The zero-order chi connectivity index (χ0) is 18.4. The SMILES string of the molecule is O=C(Cc1csc(-c2ccccn2)n1)NCc1ccccc1OC(F)F. The lowest BCUT2D eigenvalue weighted by Crippen LogP contribution is -2.25. The summed E-state index contributed by atoms with van der Waals surface area (Å²) in [5, 5.41) is 5.24. The van der Waals surface area contributed by atoms with Gasteiger partial charge in [-0.25, -0.2) is 4.98 Å². The van der Waals surface area contributed by atoms with E-state index in [9.17, 15) is 13.6 Å². The van der Waals surface area contributed by atoms with Crippen LogP contribution in [0.4, 0.5) is 8.78 Å². The number of amides is 1. The molecule has 0 unspecified atom stereocenters. The van der Waals surface area contributed by atoms with Crippen LogP contribution in [0.15, 0.2) is 54.0 Å². The first-order chi connectivity index (χ1) is 12.6. The molecule has 2 aromatic heterocycles. The van der Waals surface area contributed by atoms with Crippen molar-refractivity contribution in [1.29, 1.82) is 0 Å². The molecule has 0 radical (unpaired) electrons. The highest BCUT2D eigenvalue weighted by Gasteiger charge is 2.12. The maximum Gasteiger partial charge on any atom is 0.387 e. The molecule has 0 saturated carbocycles. The maximum atomic E-state index is 12.4. The summed E-state index contributed by atoms with van der Waals surface area (Å²) < 4.78 is 29.3. The minimum Gasteiger partial charge on any atom is -0.434 e. The van der Waals surface area contributed by atoms with Gasteiger partial charge in [0.2, 0.25) is 5.91 Å². The summed E-state index contributed by atoms with van der Waals surface area (Å²) in [5.41, 5.74) is 1.86. The highest BCUT2D eigenvalue weighted by Crippen LogP contribution is 2.22. The minimum atomic E-state index is -2.91. The highest BCUT2D eigenvalue weighted by molar-refractivity contribution is 7.13. The number of para-hydroxylation sites is 1. The number of carbonyl (C=O) groups is 1. The normalized spacial score (nSPS) is 10.7. The number of aromatic nitrogens is 2. The Labute approximate surface area is 152 Å². The Morgan fingerprint density at radius 2 is 2.00 bits per heavy atom. The van der Waals surface area contributed by atoms with E-state index in [1.54, 1.807) is 29.8 Å². The predicted octanol–water partition coefficient (Wildman–Crippen LogP) is 3.67. The van der Waals surface area contributed by atoms with Crippen LogP contribution in [0.3, 0.4) is 0 Å². The van der Waals surface area contributed by atoms with Gasteiger partial charge in [0.05, 0.1) is 17.8 Å². The van der Waals surface area contributed by atoms with E-state index < -0.39 is 6.61 Å². The zero-order valence-electron chi connectivity index (χ0n) is 13.6. The molecule has 0 atom stereocenters. The van der Waals surface area contributed by atoms with E-state index in [0.29, 0.717) is 11.3 Å². The fourth-order valence-electron chi connectivity index (χ4n) is 2.28. The van der Waals surface area contributed by atoms with E-state index in [-0.39, 0.29) is 24.6 Å². The van der Waals surface area contributed by atoms with Crippen molar-refractivity contribution in [1.82, 2.24) is 15.3 Å². The van der Waals surface area contributed by atoms with Crippen LogP contribution in [0.2, 0.25) is 0 Å². The average molecular weight is 375 g/mol. The number of nitrogens with one attached hydrogen (secondary N) is 1. The van der Waals surface area contributed by atoms with Gasteiger partial charge in [-0.05, 0) is 18.2 Å². The Kier molecular flexibility index (Phi) is 5.85. The summed E-state index contributed by atoms with van der Waals surface area (Å²) in [6.07, 6.45) is 1.78. The first-order valence-corrected chi connectivity index (χ1v) is 8.65. The molecule has 0 saturated heterocycles. The van der Waals surface area contributed by atoms with E-state index in [2.05, 4.69) is 20.0 Å². The number of carbonyl (C=O) groups excluding carboxylic acids is 1. The van der Waals surface area contributed by atoms with Crippen LogP contribution < -0.4 is 10.1 Å². The van der Waals surface area contributed by atoms with Gasteiger partial charge in [0, 0.05) is 23.7 Å². The molecule has 1 aromatic carbocycles. The van der Waals surface area contributed by atoms with Gasteiger partial charge in [-0.15, -0.1) is 11.3 Å². The van der Waals surface area contributed by atoms with Crippen LogP contribution >= 0.6 is 11.3 Å². The number of benzene rings is 1. The second kappa shape index (κ2) is 8.48. The third-order valence-electron chi connectivity index (χ3n) is 3.44. The van der Waals surface area contributed by atoms with Crippen molar-refractivity contribution in [2.45, 2.75) is 19.6 Å². The average Bonchev–Trinajstić information content (AvgIpc) is 3.10. The lowest BCUT2D eigenvalue weighted by Gasteiger charge is -2.11. The van der Waals surface area contributed by atoms with Gasteiger partial charge in [-0.3, -0.25) is 9.78 Å². The van der Waals surface area contributed by atoms with Crippen LogP contribution in [-0.2, 0) is 17.8 Å². The lowest BCUT2D eigenvalue weighted by molar-refractivity contribution is -0.120. The molecule has 0 bridgehead atoms. The monoisotopic (exact) mass is 375 g/mol. The van der Waals surface area contributed by atoms with Crippen LogP contribution in [0.5, 0.6) is 5.75 Å². The topological polar surface area (TPSA) is 64.1 Å². The second-order valence-corrected chi connectivity index (χ2v) is 6.16. The molecule has 1 N–H and O–H groups in total. The van der Waals surface area contributed by atoms with Gasteiger partial charge in [-0.2, -0.15) is 8.78 Å². The molecule has 3 aromatic rings. The van der Waals surface area contributed by atoms with Crippen LogP contribution in [0, 0.1) is 0 Å². The molecule has 3 rings (SSSR count). The molecule has 2 heterocycles. The van der Waals surface area contributed by atoms with E-state index >= 15 is 0 Å². The van der Waals surface area contributed by atoms with Crippen molar-refractivity contribution in [2.24, 2.45) is 0 Å². The molecule has 0 aliphatic carbocycles. The fraction of sp³-hybridized carbons (Fsp3) is 0.167. The Balaban J connectivity index is 1.58. The number of hydrogen-bond acceptors (Lipinski definition) is 5. The van der Waals surface area contributed by atoms with Gasteiger partial charge in [0.25, 0.3) is 0 Å². The van der Waals surface area contributed by atoms with Gasteiger partial charge in [0.15, 0.2) is 0 Å². The van der Waals surface area contributed by atoms with E-state index in [1.165, 1.54) is 17.4 Å². The molecule has 0 aliphatic rings. The van der Waals surface area contributed by atoms with Crippen LogP contribution in [-0.4, -0.2) is 22.5 Å². The van der Waals surface area contributed by atoms with Crippen LogP contribution in [0.1, 0.15) is 11.3 Å². The molecule has 0 spiro atoms. The molecule has 134 valence electrons. The minimum absolute atomic E-state index is 0.0499. The third-order valence-corrected chi connectivity index (χ3v) is 4.36. The lowest BCUT2D eigenvalue weighted by atomic mass is 10.2. The number of nitrogens with zero attached hydrogens (tertiary/aromatic N) is 2. The molecule has 5 nitrogen and oxygen atoms in total. The number of rotatable bonds is 7. The number of hydrogen-bond donors (Lipinski definition) is 1. The van der Waals surface area contributed by atoms with Gasteiger partial charge in [0.1, 0.15) is 10.8 Å². The first-order valence-electron chi connectivity index (χ1n) is 7.77. The van der Waals surface area contributed by atoms with Crippen molar-refractivity contribution >= 4 is 17.2 Å². The smallest absolute Gasteiger partial charge is 0.387 e. The Bertz CT molecular complexity index is 872. The number of alkyl halides is 2. The van der Waals surface area contributed by atoms with Gasteiger partial charge >= 0.3 is 6.61 Å². The van der Waals surface area contributed by atoms with Crippen molar-refractivity contribution in [3.63, 3.8) is 0 Å². The Hall–Kier alpha value is -2.87. The Morgan fingerprint density at radius 1 is 1.19 bits per heavy atom. The van der Waals surface area contributed by atoms with Crippen molar-refractivity contribution in [3.8, 4) is 16.5 Å². The largest absolute Gasteiger partial charge is 0.434 e. The molecule has 26 heavy (non-hydrogen) atoms. The quantitative estimate of drug-likeness (QED) is 0.684. The Morgan fingerprint density at radius 3 is 2.77 bits per heavy atom. The number of ether oxygens (including phenoxy) is 1. The standard InChI is InChI=1S/C18H15F2N3O2S/c19-18(20)25-15-7-2-1-5-12(15)10-22-16(24)9-13-11-26-17(23-13)14-6-3-4-8-21-14/h1-8,11,18H,9-10H2,(H,22,24). The number of pyridine rings is 1. The summed E-state index contributed by atoms with van der Waals surface area (Å²) in [4.78, 5) is 20.7. The maximum absolute atomic E-state index is 12.4. The molecular formula is C18H15F2N3O2S. The van der Waals surface area contributed by atoms with Crippen molar-refractivity contribution < 1.29 is 18.3 Å². The zero-order valence-corrected chi connectivity index (χ0v) is 14.4. The number of thiazole rings is 1. The summed E-state index contributed by atoms with van der Waals surface area (Å²) >= 11 is 1.41. The molecular weight excluding hydrogens is 360 g/mol. The summed E-state index contributed by atoms with van der Waals surface area (Å²) in [5.74, 6) is -0.205. The summed E-state index contributed by atoms with van der Waals surface area (Å²) in [6.45, 7) is -2.81. The second-order valence-electron chi connectivity index (χ2n) is 5.30. The first kappa shape index (κ1) is 17.9. The number of halogens is 2. The molecule has 0 aliphatic heterocycles. The predicted molar refractivity (Wildman–Crippen MR) is 94.0 cm³/mol. The molecule has 1 amide bonds. The third kappa shape index (κ3) is 4.82. The highest BCUT2D eigenvalue weighted by atomic mass is 32.1. The van der Waals surface area contributed by atoms with E-state index in [0.717, 1.165) is 10.7 Å². The van der Waals surface area contributed by atoms with Crippen molar-refractivity contribution in [2.75, 3.05) is 0 Å². The summed E-state index contributed by atoms with van der Waals surface area (Å²) in [7, 11) is 0. The molecule has 8 heteroatoms. The van der Waals surface area contributed by atoms with Crippen molar-refractivity contribution in [3.05, 3.63) is 65.3 Å². The van der Waals surface area contributed by atoms with Crippen LogP contribution in [0.25, 0.3) is 10.7 Å². The van der Waals surface area contributed by atoms with E-state index in [4.69, 9.17) is 0 Å².